The van der Waals surface area contributed by atoms with E-state index in [-0.39, 0.29) is 0 Å². The van der Waals surface area contributed by atoms with Gasteiger partial charge < -0.3 is 0 Å². The summed E-state index contributed by atoms with van der Waals surface area (Å²) < 4.78 is 1.60. The van der Waals surface area contributed by atoms with Crippen LogP contribution in [0.4, 0.5) is 0 Å². The molecule has 5 heteroatoms. The first kappa shape index (κ1) is 11.5. The summed E-state index contributed by atoms with van der Waals surface area (Å²) in [4.78, 5) is 4.35. The van der Waals surface area contributed by atoms with E-state index in [2.05, 4.69) is 10.1 Å². The lowest BCUT2D eigenvalue weighted by Gasteiger charge is -2.08. The minimum atomic E-state index is 0.391. The van der Waals surface area contributed by atoms with Crippen molar-refractivity contribution in [3.8, 4) is 11.1 Å². The van der Waals surface area contributed by atoms with Crippen molar-refractivity contribution in [2.75, 3.05) is 0 Å². The highest BCUT2D eigenvalue weighted by Gasteiger charge is 2.15. The van der Waals surface area contributed by atoms with Gasteiger partial charge in [0.25, 0.3) is 0 Å². The second-order valence-electron chi connectivity index (χ2n) is 4.00. The number of hydrogen-bond donors (Lipinski definition) is 0. The molecule has 3 nitrogen and oxygen atoms in total. The maximum atomic E-state index is 6.37. The van der Waals surface area contributed by atoms with Crippen LogP contribution in [0.15, 0.2) is 36.5 Å². The summed E-state index contributed by atoms with van der Waals surface area (Å²) in [6.07, 6.45) is 1.72. The minimum absolute atomic E-state index is 0.391. The molecule has 2 aromatic heterocycles. The van der Waals surface area contributed by atoms with E-state index >= 15 is 0 Å². The van der Waals surface area contributed by atoms with Gasteiger partial charge >= 0.3 is 0 Å². The van der Waals surface area contributed by atoms with Crippen LogP contribution in [0.1, 0.15) is 5.56 Å². The Kier molecular flexibility index (Phi) is 2.73. The first-order chi connectivity index (χ1) is 8.68. The summed E-state index contributed by atoms with van der Waals surface area (Å²) in [7, 11) is 0. The summed E-state index contributed by atoms with van der Waals surface area (Å²) in [5, 5.41) is 5.08. The zero-order valence-electron chi connectivity index (χ0n) is 9.56. The number of hydrogen-bond acceptors (Lipinski definition) is 2. The predicted molar refractivity (Wildman–Crippen MR) is 73.2 cm³/mol. The maximum absolute atomic E-state index is 6.37. The van der Waals surface area contributed by atoms with E-state index in [4.69, 9.17) is 23.2 Å². The molecule has 18 heavy (non-hydrogen) atoms. The highest BCUT2D eigenvalue weighted by molar-refractivity contribution is 6.38. The first-order valence-corrected chi connectivity index (χ1v) is 6.19. The van der Waals surface area contributed by atoms with Gasteiger partial charge in [0.15, 0.2) is 5.65 Å². The van der Waals surface area contributed by atoms with Crippen molar-refractivity contribution in [1.29, 1.82) is 0 Å². The molecule has 0 aliphatic heterocycles. The van der Waals surface area contributed by atoms with Crippen molar-refractivity contribution in [3.05, 3.63) is 52.4 Å². The third-order valence-electron chi connectivity index (χ3n) is 2.79. The average Bonchev–Trinajstić information content (AvgIpc) is 2.73. The van der Waals surface area contributed by atoms with Crippen LogP contribution in [-0.2, 0) is 0 Å². The zero-order chi connectivity index (χ0) is 12.7. The van der Waals surface area contributed by atoms with E-state index in [1.807, 2.05) is 37.3 Å². The number of aromatic nitrogens is 3. The van der Waals surface area contributed by atoms with Crippen molar-refractivity contribution >= 4 is 28.8 Å². The summed E-state index contributed by atoms with van der Waals surface area (Å²) >= 11 is 12.6. The Morgan fingerprint density at radius 1 is 1.11 bits per heavy atom. The van der Waals surface area contributed by atoms with Gasteiger partial charge in [0.1, 0.15) is 10.3 Å². The summed E-state index contributed by atoms with van der Waals surface area (Å²) in [6.45, 7) is 1.92. The average molecular weight is 278 g/mol. The van der Waals surface area contributed by atoms with Gasteiger partial charge in [0.2, 0.25) is 0 Å². The Morgan fingerprint density at radius 3 is 2.56 bits per heavy atom. The number of halogens is 2. The lowest BCUT2D eigenvalue weighted by molar-refractivity contribution is 0.942. The number of aryl methyl sites for hydroxylation is 1. The fraction of sp³-hybridized carbons (Fsp3) is 0.0769. The Bertz CT molecular complexity index is 720. The lowest BCUT2D eigenvalue weighted by atomic mass is 10.1. The summed E-state index contributed by atoms with van der Waals surface area (Å²) in [5.74, 6) is 0. The van der Waals surface area contributed by atoms with Crippen LogP contribution in [0.2, 0.25) is 10.3 Å². The predicted octanol–water partition coefficient (Wildman–Crippen LogP) is 4.01. The van der Waals surface area contributed by atoms with Crippen molar-refractivity contribution < 1.29 is 0 Å². The van der Waals surface area contributed by atoms with E-state index in [9.17, 15) is 0 Å². The summed E-state index contributed by atoms with van der Waals surface area (Å²) in [6, 6.07) is 9.68. The van der Waals surface area contributed by atoms with Crippen LogP contribution < -0.4 is 0 Å². The molecule has 0 bridgehead atoms. The van der Waals surface area contributed by atoms with Crippen LogP contribution in [0.25, 0.3) is 16.8 Å². The van der Waals surface area contributed by atoms with Crippen molar-refractivity contribution in [3.63, 3.8) is 0 Å². The third kappa shape index (κ3) is 1.67. The first-order valence-electron chi connectivity index (χ1n) is 5.43. The van der Waals surface area contributed by atoms with Crippen molar-refractivity contribution in [1.82, 2.24) is 14.6 Å². The van der Waals surface area contributed by atoms with Crippen LogP contribution in [0.3, 0.4) is 0 Å². The lowest BCUT2D eigenvalue weighted by Crippen LogP contribution is -1.97. The van der Waals surface area contributed by atoms with Gasteiger partial charge in [-0.3, -0.25) is 0 Å². The zero-order valence-corrected chi connectivity index (χ0v) is 11.1. The smallest absolute Gasteiger partial charge is 0.161 e. The largest absolute Gasteiger partial charge is 0.216 e. The molecule has 0 radical (unpaired) electrons. The molecule has 3 aromatic rings. The van der Waals surface area contributed by atoms with Gasteiger partial charge in [-0.2, -0.15) is 5.10 Å². The highest BCUT2D eigenvalue weighted by atomic mass is 35.5. The van der Waals surface area contributed by atoms with Gasteiger partial charge in [0, 0.05) is 5.56 Å². The van der Waals surface area contributed by atoms with Crippen LogP contribution in [-0.4, -0.2) is 14.6 Å². The van der Waals surface area contributed by atoms with E-state index in [0.29, 0.717) is 21.5 Å². The monoisotopic (exact) mass is 277 g/mol. The fourth-order valence-corrected chi connectivity index (χ4v) is 2.54. The van der Waals surface area contributed by atoms with E-state index < -0.39 is 0 Å². The molecule has 0 fully saturated rings. The van der Waals surface area contributed by atoms with Crippen LogP contribution >= 0.6 is 23.2 Å². The molecule has 3 rings (SSSR count). The number of benzene rings is 1. The number of nitrogens with zero attached hydrogens (tertiary/aromatic N) is 3. The number of fused-ring (bicyclic) bond motifs is 1. The van der Waals surface area contributed by atoms with E-state index in [1.165, 1.54) is 0 Å². The molecule has 0 saturated heterocycles. The van der Waals surface area contributed by atoms with Crippen LogP contribution in [0, 0.1) is 6.92 Å². The molecular formula is C13H9Cl2N3. The number of rotatable bonds is 1. The second-order valence-corrected chi connectivity index (χ2v) is 4.71. The Labute approximate surface area is 114 Å². The Hall–Kier alpha value is -1.58. The SMILES string of the molecule is Cc1cnn2c(Cl)c(-c3ccccc3)c(Cl)nc12. The molecule has 0 saturated carbocycles. The topological polar surface area (TPSA) is 30.2 Å². The highest BCUT2D eigenvalue weighted by Crippen LogP contribution is 2.34. The molecule has 0 aliphatic carbocycles. The van der Waals surface area contributed by atoms with Crippen LogP contribution in [0.5, 0.6) is 0 Å². The third-order valence-corrected chi connectivity index (χ3v) is 3.41. The van der Waals surface area contributed by atoms with Crippen molar-refractivity contribution in [2.24, 2.45) is 0 Å². The molecule has 0 N–H and O–H groups in total. The van der Waals surface area contributed by atoms with Crippen molar-refractivity contribution in [2.45, 2.75) is 6.92 Å². The maximum Gasteiger partial charge on any atom is 0.161 e. The minimum Gasteiger partial charge on any atom is -0.216 e. The Balaban J connectivity index is 2.37. The molecule has 90 valence electrons. The molecule has 0 unspecified atom stereocenters. The summed E-state index contributed by atoms with van der Waals surface area (Å²) in [5.41, 5.74) is 3.26. The van der Waals surface area contributed by atoms with E-state index in [1.54, 1.807) is 10.7 Å². The normalized spacial score (nSPS) is 11.1. The van der Waals surface area contributed by atoms with Gasteiger partial charge in [0.05, 0.1) is 11.8 Å². The van der Waals surface area contributed by atoms with Gasteiger partial charge in [-0.15, -0.1) is 0 Å². The molecule has 1 aromatic carbocycles. The molecule has 0 amide bonds. The molecular weight excluding hydrogens is 269 g/mol. The molecule has 0 aliphatic rings. The standard InChI is InChI=1S/C13H9Cl2N3/c1-8-7-16-18-12(15)10(11(14)17-13(8)18)9-5-3-2-4-6-9/h2-7H,1H3. The van der Waals surface area contributed by atoms with E-state index in [0.717, 1.165) is 11.1 Å². The van der Waals surface area contributed by atoms with Gasteiger partial charge in [-0.25, -0.2) is 9.50 Å². The molecule has 0 spiro atoms. The van der Waals surface area contributed by atoms with Gasteiger partial charge in [-0.05, 0) is 12.5 Å². The molecule has 0 atom stereocenters. The molecule has 2 heterocycles. The van der Waals surface area contributed by atoms with Gasteiger partial charge in [-0.1, -0.05) is 53.5 Å². The quantitative estimate of drug-likeness (QED) is 0.629. The fourth-order valence-electron chi connectivity index (χ4n) is 1.89. The Morgan fingerprint density at radius 2 is 1.83 bits per heavy atom. The second kappa shape index (κ2) is 4.26.